The molecule has 5 nitrogen and oxygen atoms in total. The van der Waals surface area contributed by atoms with Crippen molar-refractivity contribution < 1.29 is 0 Å². The van der Waals surface area contributed by atoms with Crippen LogP contribution in [0.5, 0.6) is 0 Å². The van der Waals surface area contributed by atoms with Crippen molar-refractivity contribution in [1.29, 1.82) is 0 Å². The molecule has 90 valence electrons. The van der Waals surface area contributed by atoms with Gasteiger partial charge in [-0.25, -0.2) is 9.50 Å². The summed E-state index contributed by atoms with van der Waals surface area (Å²) in [4.78, 5) is 16.6. The highest BCUT2D eigenvalue weighted by molar-refractivity contribution is 5.45. The molecule has 0 unspecified atom stereocenters. The molecule has 5 heteroatoms. The van der Waals surface area contributed by atoms with Gasteiger partial charge in [-0.2, -0.15) is 0 Å². The molecule has 0 radical (unpaired) electrons. The van der Waals surface area contributed by atoms with Gasteiger partial charge in [0.15, 0.2) is 5.65 Å². The van der Waals surface area contributed by atoms with E-state index >= 15 is 0 Å². The molecule has 2 aromatic rings. The molecule has 0 aliphatic carbocycles. The van der Waals surface area contributed by atoms with Crippen LogP contribution in [0.2, 0.25) is 0 Å². The third-order valence-corrected chi connectivity index (χ3v) is 3.46. The predicted molar refractivity (Wildman–Crippen MR) is 65.4 cm³/mol. The standard InChI is InChI=1S/C12H16N4O/c1-8-7-14-16-11(17)6-10(15-12(8)16)9-2-4-13-5-3-9/h6-7,9,13-14H,2-5H2,1H3. The molecule has 0 amide bonds. The summed E-state index contributed by atoms with van der Waals surface area (Å²) in [7, 11) is 0. The van der Waals surface area contributed by atoms with Crippen molar-refractivity contribution in [2.45, 2.75) is 25.7 Å². The first-order valence-corrected chi connectivity index (χ1v) is 6.04. The highest BCUT2D eigenvalue weighted by Crippen LogP contribution is 2.23. The molecule has 0 aromatic carbocycles. The van der Waals surface area contributed by atoms with E-state index in [-0.39, 0.29) is 5.56 Å². The number of aryl methyl sites for hydroxylation is 1. The van der Waals surface area contributed by atoms with Crippen molar-refractivity contribution >= 4 is 5.65 Å². The number of fused-ring (bicyclic) bond motifs is 1. The molecule has 2 aromatic heterocycles. The number of nitrogens with zero attached hydrogens (tertiary/aromatic N) is 2. The Morgan fingerprint density at radius 2 is 2.18 bits per heavy atom. The molecule has 1 aliphatic rings. The second kappa shape index (κ2) is 4.00. The Balaban J connectivity index is 2.10. The first kappa shape index (κ1) is 10.5. The molecule has 3 rings (SSSR count). The molecule has 2 N–H and O–H groups in total. The molecule has 17 heavy (non-hydrogen) atoms. The van der Waals surface area contributed by atoms with Crippen molar-refractivity contribution in [3.05, 3.63) is 33.9 Å². The number of nitrogens with one attached hydrogen (secondary N) is 2. The fourth-order valence-corrected chi connectivity index (χ4v) is 2.44. The average molecular weight is 232 g/mol. The first-order valence-electron chi connectivity index (χ1n) is 6.04. The maximum absolute atomic E-state index is 11.9. The highest BCUT2D eigenvalue weighted by Gasteiger charge is 2.18. The summed E-state index contributed by atoms with van der Waals surface area (Å²) in [5, 5.41) is 6.24. The Bertz CT molecular complexity index is 592. The van der Waals surface area contributed by atoms with Gasteiger partial charge in [0.1, 0.15) is 0 Å². The molecule has 0 bridgehead atoms. The zero-order chi connectivity index (χ0) is 11.8. The molecule has 0 atom stereocenters. The predicted octanol–water partition coefficient (Wildman–Crippen LogP) is 0.798. The maximum atomic E-state index is 11.9. The quantitative estimate of drug-likeness (QED) is 0.764. The van der Waals surface area contributed by atoms with Crippen LogP contribution in [0.3, 0.4) is 0 Å². The average Bonchev–Trinajstić information content (AvgIpc) is 2.73. The number of H-pyrrole nitrogens is 1. The molecule has 1 fully saturated rings. The van der Waals surface area contributed by atoms with Gasteiger partial charge in [-0.15, -0.1) is 0 Å². The fourth-order valence-electron chi connectivity index (χ4n) is 2.44. The molecule has 0 spiro atoms. The number of piperidine rings is 1. The summed E-state index contributed by atoms with van der Waals surface area (Å²) < 4.78 is 1.50. The molecule has 3 heterocycles. The van der Waals surface area contributed by atoms with Crippen LogP contribution in [0.1, 0.15) is 30.0 Å². The molecule has 0 saturated carbocycles. The van der Waals surface area contributed by atoms with Crippen LogP contribution in [0.15, 0.2) is 17.1 Å². The number of hydrogen-bond acceptors (Lipinski definition) is 3. The minimum absolute atomic E-state index is 0.0170. The largest absolute Gasteiger partial charge is 0.317 e. The monoisotopic (exact) mass is 232 g/mol. The van der Waals surface area contributed by atoms with Gasteiger partial charge in [-0.3, -0.25) is 9.89 Å². The van der Waals surface area contributed by atoms with Gasteiger partial charge in [-0.1, -0.05) is 0 Å². The third-order valence-electron chi connectivity index (χ3n) is 3.46. The second-order valence-electron chi connectivity index (χ2n) is 4.66. The van der Waals surface area contributed by atoms with E-state index in [0.29, 0.717) is 5.92 Å². The number of aromatic amines is 1. The minimum Gasteiger partial charge on any atom is -0.317 e. The summed E-state index contributed by atoms with van der Waals surface area (Å²) >= 11 is 0. The highest BCUT2D eigenvalue weighted by atomic mass is 16.1. The Labute approximate surface area is 98.9 Å². The van der Waals surface area contributed by atoms with E-state index in [9.17, 15) is 4.79 Å². The Morgan fingerprint density at radius 3 is 2.94 bits per heavy atom. The van der Waals surface area contributed by atoms with Gasteiger partial charge in [0, 0.05) is 23.7 Å². The van der Waals surface area contributed by atoms with Crippen molar-refractivity contribution in [3.8, 4) is 0 Å². The van der Waals surface area contributed by atoms with Gasteiger partial charge in [0.25, 0.3) is 5.56 Å². The summed E-state index contributed by atoms with van der Waals surface area (Å²) in [6.07, 6.45) is 3.94. The lowest BCUT2D eigenvalue weighted by Crippen LogP contribution is -2.28. The lowest BCUT2D eigenvalue weighted by molar-refractivity contribution is 0.453. The fraction of sp³-hybridized carbons (Fsp3) is 0.500. The lowest BCUT2D eigenvalue weighted by Gasteiger charge is -2.21. The van der Waals surface area contributed by atoms with E-state index < -0.39 is 0 Å². The Morgan fingerprint density at radius 1 is 1.41 bits per heavy atom. The topological polar surface area (TPSA) is 62.2 Å². The zero-order valence-electron chi connectivity index (χ0n) is 9.86. The van der Waals surface area contributed by atoms with Crippen LogP contribution in [-0.4, -0.2) is 27.7 Å². The summed E-state index contributed by atoms with van der Waals surface area (Å²) in [5.74, 6) is 0.420. The SMILES string of the molecule is Cc1c[nH]n2c(=O)cc(C3CCNCC3)nc12. The van der Waals surface area contributed by atoms with Crippen LogP contribution >= 0.6 is 0 Å². The van der Waals surface area contributed by atoms with Gasteiger partial charge in [0.05, 0.1) is 5.69 Å². The van der Waals surface area contributed by atoms with Crippen LogP contribution in [0.25, 0.3) is 5.65 Å². The van der Waals surface area contributed by atoms with E-state index in [1.165, 1.54) is 4.52 Å². The van der Waals surface area contributed by atoms with Crippen LogP contribution in [0, 0.1) is 6.92 Å². The summed E-state index contributed by atoms with van der Waals surface area (Å²) in [5.41, 5.74) is 2.69. The van der Waals surface area contributed by atoms with E-state index in [1.54, 1.807) is 6.07 Å². The maximum Gasteiger partial charge on any atom is 0.272 e. The molecule has 1 aliphatic heterocycles. The normalized spacial score (nSPS) is 17.7. The Hall–Kier alpha value is -1.62. The molecule has 1 saturated heterocycles. The lowest BCUT2D eigenvalue weighted by atomic mass is 9.94. The van der Waals surface area contributed by atoms with Crippen LogP contribution < -0.4 is 10.9 Å². The van der Waals surface area contributed by atoms with Crippen LogP contribution in [0.4, 0.5) is 0 Å². The zero-order valence-corrected chi connectivity index (χ0v) is 9.86. The Kier molecular flexibility index (Phi) is 2.48. The second-order valence-corrected chi connectivity index (χ2v) is 4.66. The van der Waals surface area contributed by atoms with Crippen molar-refractivity contribution in [1.82, 2.24) is 19.9 Å². The number of rotatable bonds is 1. The van der Waals surface area contributed by atoms with Gasteiger partial charge in [0.2, 0.25) is 0 Å². The van der Waals surface area contributed by atoms with E-state index in [0.717, 1.165) is 42.8 Å². The molecular weight excluding hydrogens is 216 g/mol. The van der Waals surface area contributed by atoms with Crippen molar-refractivity contribution in [2.75, 3.05) is 13.1 Å². The van der Waals surface area contributed by atoms with E-state index in [2.05, 4.69) is 15.4 Å². The first-order chi connectivity index (χ1) is 8.25. The van der Waals surface area contributed by atoms with E-state index in [1.807, 2.05) is 13.1 Å². The summed E-state index contributed by atoms with van der Waals surface area (Å²) in [6, 6.07) is 1.67. The summed E-state index contributed by atoms with van der Waals surface area (Å²) in [6.45, 7) is 3.99. The van der Waals surface area contributed by atoms with Gasteiger partial charge >= 0.3 is 0 Å². The van der Waals surface area contributed by atoms with Crippen molar-refractivity contribution in [2.24, 2.45) is 0 Å². The van der Waals surface area contributed by atoms with Crippen LogP contribution in [-0.2, 0) is 0 Å². The van der Waals surface area contributed by atoms with Crippen molar-refractivity contribution in [3.63, 3.8) is 0 Å². The number of hydrogen-bond donors (Lipinski definition) is 2. The van der Waals surface area contributed by atoms with E-state index in [4.69, 9.17) is 0 Å². The smallest absolute Gasteiger partial charge is 0.272 e. The molecular formula is C12H16N4O. The number of aromatic nitrogens is 3. The van der Waals surface area contributed by atoms with Gasteiger partial charge < -0.3 is 5.32 Å². The van der Waals surface area contributed by atoms with Gasteiger partial charge in [-0.05, 0) is 32.9 Å². The third kappa shape index (κ3) is 1.76. The minimum atomic E-state index is -0.0170.